The number of carbonyl (C=O) groups is 1. The number of aromatic nitrogens is 5. The molecule has 0 aliphatic rings. The number of hydrogen-bond acceptors (Lipinski definition) is 9. The lowest BCUT2D eigenvalue weighted by Crippen LogP contribution is -2.20. The Morgan fingerprint density at radius 3 is 2.92 bits per heavy atom. The molecule has 3 rings (SSSR count). The summed E-state index contributed by atoms with van der Waals surface area (Å²) in [7, 11) is 0. The van der Waals surface area contributed by atoms with Gasteiger partial charge in [-0.15, -0.1) is 5.10 Å². The second-order valence-corrected chi connectivity index (χ2v) is 5.28. The number of anilines is 1. The summed E-state index contributed by atoms with van der Waals surface area (Å²) in [6.45, 7) is 1.94. The van der Waals surface area contributed by atoms with Gasteiger partial charge in [0.2, 0.25) is 11.6 Å². The van der Waals surface area contributed by atoms with E-state index >= 15 is 0 Å². The number of nitrogens with one attached hydrogen (secondary N) is 1. The topological polar surface area (TPSA) is 157 Å². The molecule has 0 unspecified atom stereocenters. The van der Waals surface area contributed by atoms with Gasteiger partial charge in [0.25, 0.3) is 5.91 Å². The quantitative estimate of drug-likeness (QED) is 0.429. The minimum atomic E-state index is -0.554. The van der Waals surface area contributed by atoms with E-state index in [4.69, 9.17) is 5.73 Å². The van der Waals surface area contributed by atoms with Gasteiger partial charge >= 0.3 is 0 Å². The third-order valence-electron chi connectivity index (χ3n) is 3.47. The Morgan fingerprint density at radius 1 is 1.42 bits per heavy atom. The Kier molecular flexibility index (Phi) is 4.87. The molecule has 3 aromatic rings. The number of aromatic hydroxyl groups is 1. The van der Waals surface area contributed by atoms with Gasteiger partial charge in [0, 0.05) is 5.56 Å². The number of rotatable bonds is 6. The molecule has 134 valence electrons. The lowest BCUT2D eigenvalue weighted by Gasteiger charge is -2.03. The van der Waals surface area contributed by atoms with E-state index in [9.17, 15) is 9.90 Å². The zero-order valence-corrected chi connectivity index (χ0v) is 13.8. The van der Waals surface area contributed by atoms with Crippen molar-refractivity contribution in [1.82, 2.24) is 30.7 Å². The van der Waals surface area contributed by atoms with Crippen molar-refractivity contribution in [3.05, 3.63) is 41.2 Å². The third-order valence-corrected chi connectivity index (χ3v) is 3.47. The number of nitrogens with two attached hydrogens (primary N) is 1. The molecule has 0 bridgehead atoms. The van der Waals surface area contributed by atoms with Crippen LogP contribution in [0.2, 0.25) is 0 Å². The highest BCUT2D eigenvalue weighted by Crippen LogP contribution is 2.17. The average Bonchev–Trinajstić information content (AvgIpc) is 3.23. The number of hydrogen-bond donors (Lipinski definition) is 3. The Morgan fingerprint density at radius 2 is 2.23 bits per heavy atom. The van der Waals surface area contributed by atoms with Crippen molar-refractivity contribution in [2.45, 2.75) is 19.8 Å². The van der Waals surface area contributed by atoms with Crippen LogP contribution in [0.4, 0.5) is 5.82 Å². The lowest BCUT2D eigenvalue weighted by atomic mass is 10.2. The van der Waals surface area contributed by atoms with Gasteiger partial charge in [0.1, 0.15) is 5.75 Å². The van der Waals surface area contributed by atoms with Crippen molar-refractivity contribution in [2.24, 2.45) is 5.10 Å². The second kappa shape index (κ2) is 7.42. The molecule has 0 fully saturated rings. The summed E-state index contributed by atoms with van der Waals surface area (Å²) < 4.78 is 5.88. The molecule has 2 aromatic heterocycles. The maximum Gasteiger partial charge on any atom is 0.293 e. The number of hydrazone groups is 1. The fourth-order valence-corrected chi connectivity index (χ4v) is 2.26. The van der Waals surface area contributed by atoms with Crippen LogP contribution in [0.25, 0.3) is 5.82 Å². The van der Waals surface area contributed by atoms with Crippen LogP contribution < -0.4 is 11.2 Å². The second-order valence-electron chi connectivity index (χ2n) is 5.28. The van der Waals surface area contributed by atoms with Crippen molar-refractivity contribution in [2.75, 3.05) is 5.73 Å². The van der Waals surface area contributed by atoms with Crippen molar-refractivity contribution in [3.63, 3.8) is 0 Å². The number of carbonyl (C=O) groups excluding carboxylic acids is 1. The molecule has 26 heavy (non-hydrogen) atoms. The summed E-state index contributed by atoms with van der Waals surface area (Å²) in [6, 6.07) is 6.60. The number of nitrogen functional groups attached to an aromatic ring is 1. The van der Waals surface area contributed by atoms with Crippen LogP contribution in [0.15, 0.2) is 34.0 Å². The summed E-state index contributed by atoms with van der Waals surface area (Å²) in [6.07, 6.45) is 2.57. The highest BCUT2D eigenvalue weighted by molar-refractivity contribution is 5.94. The molecule has 0 spiro atoms. The van der Waals surface area contributed by atoms with Gasteiger partial charge < -0.3 is 10.8 Å². The van der Waals surface area contributed by atoms with Crippen LogP contribution >= 0.6 is 0 Å². The van der Waals surface area contributed by atoms with Gasteiger partial charge in [-0.2, -0.15) is 9.78 Å². The molecule has 11 heteroatoms. The van der Waals surface area contributed by atoms with Crippen LogP contribution in [-0.2, 0) is 6.42 Å². The van der Waals surface area contributed by atoms with Gasteiger partial charge in [-0.05, 0) is 28.9 Å². The highest BCUT2D eigenvalue weighted by atomic mass is 16.6. The zero-order chi connectivity index (χ0) is 18.5. The fraction of sp³-hybridized carbons (Fsp3) is 0.200. The maximum absolute atomic E-state index is 12.4. The molecule has 11 nitrogen and oxygen atoms in total. The standard InChI is InChI=1S/C15H16N8O3/c1-2-5-10-12(18-22-23(10)14-13(16)20-26-21-14)15(25)19-17-8-9-6-3-4-7-11(9)24/h3-4,6-8,24H,2,5H2,1H3,(H2,16,20)(H,19,25). The van der Waals surface area contributed by atoms with E-state index in [0.717, 1.165) is 6.42 Å². The van der Waals surface area contributed by atoms with Crippen molar-refractivity contribution in [1.29, 1.82) is 0 Å². The van der Waals surface area contributed by atoms with E-state index in [2.05, 4.69) is 35.8 Å². The SMILES string of the molecule is CCCc1c(C(=O)NN=Cc2ccccc2O)nnn1-c1nonc1N. The summed E-state index contributed by atoms with van der Waals surface area (Å²) in [5.41, 5.74) is 9.09. The normalized spacial score (nSPS) is 11.1. The monoisotopic (exact) mass is 356 g/mol. The van der Waals surface area contributed by atoms with E-state index in [1.54, 1.807) is 18.2 Å². The molecule has 4 N–H and O–H groups in total. The van der Waals surface area contributed by atoms with Gasteiger partial charge in [0.15, 0.2) is 5.69 Å². The van der Waals surface area contributed by atoms with Crippen LogP contribution in [-0.4, -0.2) is 42.5 Å². The fourth-order valence-electron chi connectivity index (χ4n) is 2.26. The van der Waals surface area contributed by atoms with Crippen molar-refractivity contribution >= 4 is 17.9 Å². The number of amides is 1. The van der Waals surface area contributed by atoms with Crippen molar-refractivity contribution < 1.29 is 14.5 Å². The predicted molar refractivity (Wildman–Crippen MR) is 90.8 cm³/mol. The molecule has 0 radical (unpaired) electrons. The van der Waals surface area contributed by atoms with Crippen LogP contribution in [0.5, 0.6) is 5.75 Å². The largest absolute Gasteiger partial charge is 0.507 e. The Labute approximate surface area is 147 Å². The third kappa shape index (κ3) is 3.36. The lowest BCUT2D eigenvalue weighted by molar-refractivity contribution is 0.0949. The molecule has 1 aromatic carbocycles. The van der Waals surface area contributed by atoms with E-state index < -0.39 is 5.91 Å². The summed E-state index contributed by atoms with van der Waals surface area (Å²) in [5, 5.41) is 28.5. The Hall–Kier alpha value is -3.76. The van der Waals surface area contributed by atoms with Crippen molar-refractivity contribution in [3.8, 4) is 11.6 Å². The molecular weight excluding hydrogens is 340 g/mol. The molecular formula is C15H16N8O3. The number of para-hydroxylation sites is 1. The van der Waals surface area contributed by atoms with Crippen LogP contribution in [0, 0.1) is 0 Å². The first-order valence-electron chi connectivity index (χ1n) is 7.76. The first kappa shape index (κ1) is 17.1. The van der Waals surface area contributed by atoms with Gasteiger partial charge in [0.05, 0.1) is 11.9 Å². The molecule has 0 atom stereocenters. The van der Waals surface area contributed by atoms with Crippen LogP contribution in [0.1, 0.15) is 35.1 Å². The van der Waals surface area contributed by atoms with Gasteiger partial charge in [-0.3, -0.25) is 4.79 Å². The number of nitrogens with zero attached hydrogens (tertiary/aromatic N) is 6. The Balaban J connectivity index is 1.82. The zero-order valence-electron chi connectivity index (χ0n) is 13.8. The predicted octanol–water partition coefficient (Wildman–Crippen LogP) is 0.654. The van der Waals surface area contributed by atoms with E-state index in [-0.39, 0.29) is 23.1 Å². The van der Waals surface area contributed by atoms with E-state index in [0.29, 0.717) is 17.7 Å². The molecule has 1 amide bonds. The summed E-state index contributed by atoms with van der Waals surface area (Å²) in [4.78, 5) is 12.4. The molecule has 2 heterocycles. The minimum Gasteiger partial charge on any atom is -0.507 e. The number of phenolic OH excluding ortho intramolecular Hbond substituents is 1. The maximum atomic E-state index is 12.4. The number of benzene rings is 1. The number of phenols is 1. The Bertz CT molecular complexity index is 946. The highest BCUT2D eigenvalue weighted by Gasteiger charge is 2.23. The summed E-state index contributed by atoms with van der Waals surface area (Å²) in [5.74, 6) is -0.298. The van der Waals surface area contributed by atoms with E-state index in [1.807, 2.05) is 6.92 Å². The molecule has 0 saturated heterocycles. The first-order valence-corrected chi connectivity index (χ1v) is 7.76. The summed E-state index contributed by atoms with van der Waals surface area (Å²) >= 11 is 0. The molecule has 0 aliphatic heterocycles. The first-order chi connectivity index (χ1) is 12.6. The minimum absolute atomic E-state index is 0.0387. The van der Waals surface area contributed by atoms with E-state index in [1.165, 1.54) is 17.0 Å². The smallest absolute Gasteiger partial charge is 0.293 e. The van der Waals surface area contributed by atoms with Crippen LogP contribution in [0.3, 0.4) is 0 Å². The van der Waals surface area contributed by atoms with Gasteiger partial charge in [-0.1, -0.05) is 30.7 Å². The average molecular weight is 356 g/mol. The molecule has 0 aliphatic carbocycles. The molecule has 0 saturated carbocycles. The van der Waals surface area contributed by atoms with Gasteiger partial charge in [-0.25, -0.2) is 10.1 Å².